The second kappa shape index (κ2) is 8.41. The maximum Gasteiger partial charge on any atom is 0.282 e. The van der Waals surface area contributed by atoms with Gasteiger partial charge in [0.2, 0.25) is 0 Å². The summed E-state index contributed by atoms with van der Waals surface area (Å²) >= 11 is 6.24. The van der Waals surface area contributed by atoms with Crippen LogP contribution in [0.1, 0.15) is 22.3 Å². The van der Waals surface area contributed by atoms with Crippen molar-refractivity contribution in [3.8, 4) is 5.75 Å². The fraction of sp³-hybridized carbons (Fsp3) is 0.185. The topological polar surface area (TPSA) is 49.9 Å². The maximum absolute atomic E-state index is 13.9. The first kappa shape index (κ1) is 21.3. The number of carbonyl (C=O) groups excluding carboxylic acids is 2. The summed E-state index contributed by atoms with van der Waals surface area (Å²) in [5.74, 6) is -0.164. The van der Waals surface area contributed by atoms with Crippen molar-refractivity contribution in [2.75, 3.05) is 18.6 Å². The van der Waals surface area contributed by atoms with Crippen LogP contribution in [0.15, 0.2) is 72.4 Å². The molecule has 0 bridgehead atoms. The molecule has 0 N–H and O–H groups in total. The van der Waals surface area contributed by atoms with E-state index in [0.29, 0.717) is 46.4 Å². The first-order valence-electron chi connectivity index (χ1n) is 10.8. The van der Waals surface area contributed by atoms with Crippen molar-refractivity contribution in [3.63, 3.8) is 0 Å². The number of benzene rings is 3. The smallest absolute Gasteiger partial charge is 0.282 e. The van der Waals surface area contributed by atoms with Crippen LogP contribution in [0.25, 0.3) is 5.57 Å². The van der Waals surface area contributed by atoms with E-state index in [9.17, 15) is 9.59 Å². The zero-order chi connectivity index (χ0) is 23.1. The predicted molar refractivity (Wildman–Crippen MR) is 129 cm³/mol. The molecule has 2 heterocycles. The van der Waals surface area contributed by atoms with Crippen molar-refractivity contribution < 1.29 is 14.3 Å². The molecular formula is C27H23ClN2O3. The standard InChI is InChI=1S/C27H23ClN2O3/c1-17-11-12-20(28)15-22(17)30-26(31)24(21-9-5-6-10-23(21)33-2)25(27(30)32)29-14-13-18-7-3-4-8-19(18)16-29/h3-12,15H,13-14,16H2,1-2H3. The Morgan fingerprint density at radius 1 is 0.909 bits per heavy atom. The van der Waals surface area contributed by atoms with Crippen LogP contribution >= 0.6 is 11.6 Å². The van der Waals surface area contributed by atoms with Crippen molar-refractivity contribution in [1.82, 2.24) is 4.90 Å². The number of para-hydroxylation sites is 1. The second-order valence-electron chi connectivity index (χ2n) is 8.24. The van der Waals surface area contributed by atoms with Gasteiger partial charge in [-0.05, 0) is 48.2 Å². The van der Waals surface area contributed by atoms with E-state index in [2.05, 4.69) is 12.1 Å². The largest absolute Gasteiger partial charge is 0.496 e. The lowest BCUT2D eigenvalue weighted by Crippen LogP contribution is -2.37. The van der Waals surface area contributed by atoms with Gasteiger partial charge in [0.05, 0.1) is 18.4 Å². The fourth-order valence-corrected chi connectivity index (χ4v) is 4.80. The number of ether oxygens (including phenoxy) is 1. The average Bonchev–Trinajstić information content (AvgIpc) is 3.09. The van der Waals surface area contributed by atoms with Gasteiger partial charge in [-0.25, -0.2) is 4.90 Å². The van der Waals surface area contributed by atoms with Crippen molar-refractivity contribution in [2.24, 2.45) is 0 Å². The molecule has 0 saturated carbocycles. The fourth-order valence-electron chi connectivity index (χ4n) is 4.63. The summed E-state index contributed by atoms with van der Waals surface area (Å²) in [6.07, 6.45) is 0.802. The summed E-state index contributed by atoms with van der Waals surface area (Å²) in [5, 5.41) is 0.468. The lowest BCUT2D eigenvalue weighted by Gasteiger charge is -2.31. The summed E-state index contributed by atoms with van der Waals surface area (Å²) in [5.41, 5.74) is 5.09. The minimum absolute atomic E-state index is 0.342. The third-order valence-electron chi connectivity index (χ3n) is 6.29. The van der Waals surface area contributed by atoms with Crippen LogP contribution in [0.3, 0.4) is 0 Å². The number of amides is 2. The van der Waals surface area contributed by atoms with Crippen molar-refractivity contribution in [3.05, 3.63) is 99.7 Å². The summed E-state index contributed by atoms with van der Waals surface area (Å²) < 4.78 is 5.56. The summed E-state index contributed by atoms with van der Waals surface area (Å²) in [6.45, 7) is 3.07. The zero-order valence-corrected chi connectivity index (χ0v) is 19.2. The third-order valence-corrected chi connectivity index (χ3v) is 6.53. The molecule has 6 heteroatoms. The molecule has 2 amide bonds. The molecule has 0 unspecified atom stereocenters. The van der Waals surface area contributed by atoms with E-state index in [4.69, 9.17) is 16.3 Å². The number of nitrogens with zero attached hydrogens (tertiary/aromatic N) is 2. The van der Waals surface area contributed by atoms with Crippen molar-refractivity contribution in [1.29, 1.82) is 0 Å². The van der Waals surface area contributed by atoms with Crippen LogP contribution in [0.2, 0.25) is 5.02 Å². The number of hydrogen-bond acceptors (Lipinski definition) is 4. The van der Waals surface area contributed by atoms with Crippen LogP contribution in [0.4, 0.5) is 5.69 Å². The number of anilines is 1. The van der Waals surface area contributed by atoms with Gasteiger partial charge in [0, 0.05) is 23.7 Å². The van der Waals surface area contributed by atoms with E-state index >= 15 is 0 Å². The molecule has 5 nitrogen and oxygen atoms in total. The number of imide groups is 1. The number of aryl methyl sites for hydroxylation is 1. The Hall–Kier alpha value is -3.57. The molecule has 0 saturated heterocycles. The Balaban J connectivity index is 1.68. The molecule has 2 aliphatic heterocycles. The molecule has 0 atom stereocenters. The van der Waals surface area contributed by atoms with Crippen molar-refractivity contribution >= 4 is 34.7 Å². The lowest BCUT2D eigenvalue weighted by atomic mass is 9.97. The quantitative estimate of drug-likeness (QED) is 0.516. The van der Waals surface area contributed by atoms with E-state index < -0.39 is 0 Å². The Bertz CT molecular complexity index is 1310. The van der Waals surface area contributed by atoms with Crippen LogP contribution in [0, 0.1) is 6.92 Å². The van der Waals surface area contributed by atoms with Gasteiger partial charge in [0.25, 0.3) is 11.8 Å². The third kappa shape index (κ3) is 3.58. The second-order valence-corrected chi connectivity index (χ2v) is 8.68. The van der Waals surface area contributed by atoms with Gasteiger partial charge in [-0.3, -0.25) is 9.59 Å². The highest BCUT2D eigenvalue weighted by atomic mass is 35.5. The van der Waals surface area contributed by atoms with Gasteiger partial charge < -0.3 is 9.64 Å². The highest BCUT2D eigenvalue weighted by Crippen LogP contribution is 2.40. The molecule has 166 valence electrons. The number of methoxy groups -OCH3 is 1. The van der Waals surface area contributed by atoms with Gasteiger partial charge in [-0.2, -0.15) is 0 Å². The minimum Gasteiger partial charge on any atom is -0.496 e. The lowest BCUT2D eigenvalue weighted by molar-refractivity contribution is -0.120. The molecule has 0 radical (unpaired) electrons. The van der Waals surface area contributed by atoms with Crippen LogP contribution in [-0.4, -0.2) is 30.4 Å². The summed E-state index contributed by atoms with van der Waals surface area (Å²) in [4.78, 5) is 31.0. The Labute approximate surface area is 197 Å². The van der Waals surface area contributed by atoms with Crippen LogP contribution in [0.5, 0.6) is 5.75 Å². The first-order valence-corrected chi connectivity index (χ1v) is 11.2. The Morgan fingerprint density at radius 2 is 1.64 bits per heavy atom. The predicted octanol–water partition coefficient (Wildman–Crippen LogP) is 5.00. The monoisotopic (exact) mass is 458 g/mol. The SMILES string of the molecule is COc1ccccc1C1=C(N2CCc3ccccc3C2)C(=O)N(c2cc(Cl)ccc2C)C1=O. The Kier molecular flexibility index (Phi) is 5.43. The molecule has 0 aromatic heterocycles. The van der Waals surface area contributed by atoms with E-state index in [1.807, 2.05) is 48.2 Å². The molecule has 33 heavy (non-hydrogen) atoms. The van der Waals surface area contributed by atoms with Gasteiger partial charge in [0.1, 0.15) is 11.4 Å². The minimum atomic E-state index is -0.372. The van der Waals surface area contributed by atoms with Gasteiger partial charge in [0.15, 0.2) is 0 Å². The van der Waals surface area contributed by atoms with Gasteiger partial charge >= 0.3 is 0 Å². The van der Waals surface area contributed by atoms with E-state index in [1.165, 1.54) is 10.5 Å². The normalized spacial score (nSPS) is 15.8. The molecule has 3 aromatic rings. The van der Waals surface area contributed by atoms with Crippen LogP contribution in [-0.2, 0) is 22.6 Å². The number of hydrogen-bond donors (Lipinski definition) is 0. The highest BCUT2D eigenvalue weighted by Gasteiger charge is 2.44. The van der Waals surface area contributed by atoms with Gasteiger partial charge in [-0.15, -0.1) is 0 Å². The van der Waals surface area contributed by atoms with E-state index in [0.717, 1.165) is 17.5 Å². The number of carbonyl (C=O) groups is 2. The molecule has 0 aliphatic carbocycles. The molecular weight excluding hydrogens is 436 g/mol. The van der Waals surface area contributed by atoms with Gasteiger partial charge in [-0.1, -0.05) is 60.1 Å². The molecule has 3 aromatic carbocycles. The summed E-state index contributed by atoms with van der Waals surface area (Å²) in [6, 6.07) is 20.8. The van der Waals surface area contributed by atoms with E-state index in [1.54, 1.807) is 25.3 Å². The number of fused-ring (bicyclic) bond motifs is 1. The number of halogens is 1. The molecule has 5 rings (SSSR count). The first-order chi connectivity index (χ1) is 16.0. The zero-order valence-electron chi connectivity index (χ0n) is 18.5. The van der Waals surface area contributed by atoms with Crippen LogP contribution < -0.4 is 9.64 Å². The maximum atomic E-state index is 13.9. The number of rotatable bonds is 4. The van der Waals surface area contributed by atoms with E-state index in [-0.39, 0.29) is 11.8 Å². The Morgan fingerprint density at radius 3 is 2.42 bits per heavy atom. The molecule has 0 fully saturated rings. The average molecular weight is 459 g/mol. The molecule has 0 spiro atoms. The molecule has 2 aliphatic rings. The summed E-state index contributed by atoms with van der Waals surface area (Å²) in [7, 11) is 1.57. The highest BCUT2D eigenvalue weighted by molar-refractivity contribution is 6.46. The van der Waals surface area contributed by atoms with Crippen molar-refractivity contribution in [2.45, 2.75) is 19.9 Å².